The van der Waals surface area contributed by atoms with Crippen LogP contribution < -0.4 is 10.6 Å². The highest BCUT2D eigenvalue weighted by Gasteiger charge is 2.27. The molecule has 8 heteroatoms. The number of fused-ring (bicyclic) bond motifs is 1. The third-order valence-electron chi connectivity index (χ3n) is 4.74. The Hall–Kier alpha value is -3.16. The molecule has 0 saturated carbocycles. The Bertz CT molecular complexity index is 1190. The van der Waals surface area contributed by atoms with Crippen molar-refractivity contribution < 1.29 is 14.3 Å². The van der Waals surface area contributed by atoms with Gasteiger partial charge in [-0.1, -0.05) is 45.7 Å². The smallest absolute Gasteiger partial charge is 0.337 e. The highest BCUT2D eigenvalue weighted by molar-refractivity contribution is 9.10. The van der Waals surface area contributed by atoms with E-state index in [9.17, 15) is 9.59 Å². The average molecular weight is 499 g/mol. The SMILES string of the molecule is COC(=O)c1ccc(NC2N=C(c3ccccc3Cl)c3cc(Br)ccc3NC2=O)cc1. The number of benzene rings is 3. The lowest BCUT2D eigenvalue weighted by molar-refractivity contribution is -0.116. The summed E-state index contributed by atoms with van der Waals surface area (Å²) in [6.45, 7) is 0. The minimum atomic E-state index is -0.915. The normalized spacial score (nSPS) is 15.3. The number of carbonyl (C=O) groups excluding carboxylic acids is 2. The molecule has 156 valence electrons. The molecule has 0 saturated heterocycles. The van der Waals surface area contributed by atoms with E-state index in [4.69, 9.17) is 21.3 Å². The van der Waals surface area contributed by atoms with Gasteiger partial charge in [0.1, 0.15) is 0 Å². The number of nitrogens with zero attached hydrogens (tertiary/aromatic N) is 1. The molecule has 1 aliphatic rings. The lowest BCUT2D eigenvalue weighted by atomic mass is 10.0. The molecular weight excluding hydrogens is 482 g/mol. The lowest BCUT2D eigenvalue weighted by Crippen LogP contribution is -2.32. The molecule has 1 amide bonds. The standard InChI is InChI=1S/C23H17BrClN3O3/c1-31-23(30)13-6-9-15(10-7-13)26-21-22(29)27-19-11-8-14(24)12-17(19)20(28-21)16-4-2-3-5-18(16)25/h2-12,21,26H,1H3,(H,27,29). The van der Waals surface area contributed by atoms with Crippen LogP contribution in [0.4, 0.5) is 11.4 Å². The number of hydrogen-bond donors (Lipinski definition) is 2. The number of nitrogens with one attached hydrogen (secondary N) is 2. The average Bonchev–Trinajstić information content (AvgIpc) is 2.90. The van der Waals surface area contributed by atoms with E-state index in [0.717, 1.165) is 10.0 Å². The maximum atomic E-state index is 13.0. The van der Waals surface area contributed by atoms with E-state index in [0.29, 0.717) is 33.2 Å². The number of anilines is 2. The number of rotatable bonds is 4. The first kappa shape index (κ1) is 21.1. The monoisotopic (exact) mass is 497 g/mol. The van der Waals surface area contributed by atoms with Gasteiger partial charge in [0.25, 0.3) is 5.91 Å². The van der Waals surface area contributed by atoms with Crippen LogP contribution in [0.1, 0.15) is 21.5 Å². The number of esters is 1. The van der Waals surface area contributed by atoms with Crippen LogP contribution in [0.2, 0.25) is 5.02 Å². The molecule has 31 heavy (non-hydrogen) atoms. The van der Waals surface area contributed by atoms with Crippen molar-refractivity contribution in [2.75, 3.05) is 17.7 Å². The summed E-state index contributed by atoms with van der Waals surface area (Å²) in [6.07, 6.45) is -0.915. The molecule has 4 rings (SSSR count). The summed E-state index contributed by atoms with van der Waals surface area (Å²) in [4.78, 5) is 29.3. The molecule has 0 bridgehead atoms. The summed E-state index contributed by atoms with van der Waals surface area (Å²) >= 11 is 9.95. The highest BCUT2D eigenvalue weighted by Crippen LogP contribution is 2.30. The van der Waals surface area contributed by atoms with Crippen molar-refractivity contribution in [3.63, 3.8) is 0 Å². The highest BCUT2D eigenvalue weighted by atomic mass is 79.9. The molecule has 1 unspecified atom stereocenters. The van der Waals surface area contributed by atoms with Crippen LogP contribution in [-0.2, 0) is 9.53 Å². The van der Waals surface area contributed by atoms with Gasteiger partial charge in [0.15, 0.2) is 6.17 Å². The van der Waals surface area contributed by atoms with Gasteiger partial charge in [-0.05, 0) is 48.5 Å². The van der Waals surface area contributed by atoms with Crippen LogP contribution in [0.5, 0.6) is 0 Å². The summed E-state index contributed by atoms with van der Waals surface area (Å²) in [5.74, 6) is -0.749. The van der Waals surface area contributed by atoms with Crippen molar-refractivity contribution in [2.45, 2.75) is 6.17 Å². The number of benzodiazepines with no additional fused rings is 1. The first-order valence-corrected chi connectivity index (χ1v) is 10.5. The maximum absolute atomic E-state index is 13.0. The zero-order chi connectivity index (χ0) is 22.0. The number of hydrogen-bond acceptors (Lipinski definition) is 5. The molecule has 1 heterocycles. The molecule has 0 aromatic heterocycles. The van der Waals surface area contributed by atoms with Crippen molar-refractivity contribution in [2.24, 2.45) is 4.99 Å². The number of amides is 1. The van der Waals surface area contributed by atoms with Gasteiger partial charge in [-0.2, -0.15) is 0 Å². The van der Waals surface area contributed by atoms with Crippen molar-refractivity contribution in [3.8, 4) is 0 Å². The van der Waals surface area contributed by atoms with Gasteiger partial charge in [-0.3, -0.25) is 4.79 Å². The van der Waals surface area contributed by atoms with Crippen LogP contribution in [0, 0.1) is 0 Å². The number of ether oxygens (including phenoxy) is 1. The van der Waals surface area contributed by atoms with E-state index >= 15 is 0 Å². The van der Waals surface area contributed by atoms with E-state index in [-0.39, 0.29) is 5.91 Å². The predicted octanol–water partition coefficient (Wildman–Crippen LogP) is 5.12. The molecule has 3 aromatic rings. The van der Waals surface area contributed by atoms with Crippen molar-refractivity contribution >= 4 is 56.5 Å². The van der Waals surface area contributed by atoms with E-state index in [2.05, 4.69) is 26.6 Å². The number of halogens is 2. The van der Waals surface area contributed by atoms with Crippen LogP contribution in [0.15, 0.2) is 76.2 Å². The first-order valence-electron chi connectivity index (χ1n) is 9.34. The van der Waals surface area contributed by atoms with E-state index in [1.54, 1.807) is 30.3 Å². The number of carbonyl (C=O) groups is 2. The van der Waals surface area contributed by atoms with Gasteiger partial charge >= 0.3 is 5.97 Å². The summed E-state index contributed by atoms with van der Waals surface area (Å²) < 4.78 is 5.57. The molecule has 6 nitrogen and oxygen atoms in total. The Morgan fingerprint density at radius 2 is 1.84 bits per heavy atom. The Morgan fingerprint density at radius 3 is 2.55 bits per heavy atom. The number of methoxy groups -OCH3 is 1. The van der Waals surface area contributed by atoms with Gasteiger partial charge < -0.3 is 15.4 Å². The fourth-order valence-corrected chi connectivity index (χ4v) is 3.81. The third-order valence-corrected chi connectivity index (χ3v) is 5.56. The molecule has 3 aromatic carbocycles. The summed E-state index contributed by atoms with van der Waals surface area (Å²) in [7, 11) is 1.32. The molecule has 1 atom stereocenters. The van der Waals surface area contributed by atoms with Gasteiger partial charge in [0.05, 0.1) is 24.1 Å². The van der Waals surface area contributed by atoms with Crippen LogP contribution in [-0.4, -0.2) is 30.9 Å². The van der Waals surface area contributed by atoms with Gasteiger partial charge in [-0.25, -0.2) is 9.79 Å². The fourth-order valence-electron chi connectivity index (χ4n) is 3.22. The largest absolute Gasteiger partial charge is 0.465 e. The van der Waals surface area contributed by atoms with E-state index in [1.807, 2.05) is 36.4 Å². The summed E-state index contributed by atoms with van der Waals surface area (Å²) in [5, 5.41) is 6.57. The van der Waals surface area contributed by atoms with E-state index in [1.165, 1.54) is 7.11 Å². The quantitative estimate of drug-likeness (QED) is 0.490. The topological polar surface area (TPSA) is 79.8 Å². The minimum Gasteiger partial charge on any atom is -0.465 e. The summed E-state index contributed by atoms with van der Waals surface area (Å²) in [5.41, 5.74) is 3.73. The Labute approximate surface area is 192 Å². The zero-order valence-electron chi connectivity index (χ0n) is 16.4. The van der Waals surface area contributed by atoms with Crippen LogP contribution in [0.25, 0.3) is 0 Å². The second-order valence-electron chi connectivity index (χ2n) is 6.75. The lowest BCUT2D eigenvalue weighted by Gasteiger charge is -2.15. The minimum absolute atomic E-state index is 0.317. The Morgan fingerprint density at radius 1 is 1.10 bits per heavy atom. The van der Waals surface area contributed by atoms with Crippen LogP contribution >= 0.6 is 27.5 Å². The van der Waals surface area contributed by atoms with Crippen LogP contribution in [0.3, 0.4) is 0 Å². The molecular formula is C23H17BrClN3O3. The second kappa shape index (κ2) is 8.91. The molecule has 1 aliphatic heterocycles. The molecule has 0 spiro atoms. The van der Waals surface area contributed by atoms with Gasteiger partial charge in [0.2, 0.25) is 0 Å². The third kappa shape index (κ3) is 4.47. The van der Waals surface area contributed by atoms with Crippen molar-refractivity contribution in [3.05, 3.63) is 92.9 Å². The van der Waals surface area contributed by atoms with E-state index < -0.39 is 12.1 Å². The predicted molar refractivity (Wildman–Crippen MR) is 125 cm³/mol. The molecule has 0 fully saturated rings. The maximum Gasteiger partial charge on any atom is 0.337 e. The number of aliphatic imine (C=N–C) groups is 1. The van der Waals surface area contributed by atoms with Crippen molar-refractivity contribution in [1.29, 1.82) is 0 Å². The van der Waals surface area contributed by atoms with Crippen molar-refractivity contribution in [1.82, 2.24) is 0 Å². The second-order valence-corrected chi connectivity index (χ2v) is 8.08. The Kier molecular flexibility index (Phi) is 6.06. The zero-order valence-corrected chi connectivity index (χ0v) is 18.7. The Balaban J connectivity index is 1.76. The first-order chi connectivity index (χ1) is 15.0. The van der Waals surface area contributed by atoms with Gasteiger partial charge in [-0.15, -0.1) is 0 Å². The molecule has 0 radical (unpaired) electrons. The summed E-state index contributed by atoms with van der Waals surface area (Å²) in [6, 6.07) is 19.5. The molecule has 0 aliphatic carbocycles. The van der Waals surface area contributed by atoms with Gasteiger partial charge in [0, 0.05) is 26.3 Å². The fraction of sp³-hybridized carbons (Fsp3) is 0.0870. The molecule has 2 N–H and O–H groups in total.